The predicted molar refractivity (Wildman–Crippen MR) is 73.9 cm³/mol. The largest absolute Gasteiger partial charge is 0.466 e. The van der Waals surface area contributed by atoms with Crippen molar-refractivity contribution in [3.8, 4) is 6.07 Å². The first-order chi connectivity index (χ1) is 9.21. The van der Waals surface area contributed by atoms with E-state index in [1.807, 2.05) is 6.07 Å². The normalized spacial score (nSPS) is 12.2. The van der Waals surface area contributed by atoms with Gasteiger partial charge < -0.3 is 14.4 Å². The van der Waals surface area contributed by atoms with Gasteiger partial charge in [0.1, 0.15) is 5.60 Å². The van der Waals surface area contributed by atoms with Gasteiger partial charge in [0.2, 0.25) is 0 Å². The molecule has 0 aliphatic carbocycles. The molecule has 1 unspecified atom stereocenters. The SMILES string of the molecule is CCOC(=O)CCN(C(=O)OC(C)(C)C)C(C)CC#N. The fraction of sp³-hybridized carbons (Fsp3) is 0.786. The van der Waals surface area contributed by atoms with Crippen LogP contribution in [0.4, 0.5) is 4.79 Å². The summed E-state index contributed by atoms with van der Waals surface area (Å²) in [5.74, 6) is -0.370. The molecule has 0 saturated heterocycles. The Hall–Kier alpha value is -1.77. The van der Waals surface area contributed by atoms with Gasteiger partial charge in [-0.1, -0.05) is 0 Å². The number of rotatable bonds is 6. The van der Waals surface area contributed by atoms with Crippen LogP contribution in [0.15, 0.2) is 0 Å². The molecule has 0 aliphatic heterocycles. The average Bonchev–Trinajstić information content (AvgIpc) is 2.27. The van der Waals surface area contributed by atoms with E-state index in [-0.39, 0.29) is 31.4 Å². The molecule has 6 heteroatoms. The second-order valence-corrected chi connectivity index (χ2v) is 5.44. The van der Waals surface area contributed by atoms with E-state index in [1.165, 1.54) is 4.90 Å². The average molecular weight is 284 g/mol. The van der Waals surface area contributed by atoms with Crippen LogP contribution < -0.4 is 0 Å². The van der Waals surface area contributed by atoms with Gasteiger partial charge in [-0.25, -0.2) is 4.79 Å². The molecule has 0 N–H and O–H groups in total. The Morgan fingerprint density at radius 3 is 2.40 bits per heavy atom. The summed E-state index contributed by atoms with van der Waals surface area (Å²) in [6.07, 6.45) is -0.255. The zero-order valence-electron chi connectivity index (χ0n) is 12.9. The number of esters is 1. The van der Waals surface area contributed by atoms with E-state index in [1.54, 1.807) is 34.6 Å². The lowest BCUT2D eigenvalue weighted by Gasteiger charge is -2.30. The molecule has 0 bridgehead atoms. The van der Waals surface area contributed by atoms with Crippen LogP contribution in [0.1, 0.15) is 47.5 Å². The van der Waals surface area contributed by atoms with Crippen LogP contribution in [0.25, 0.3) is 0 Å². The summed E-state index contributed by atoms with van der Waals surface area (Å²) in [7, 11) is 0. The van der Waals surface area contributed by atoms with Gasteiger partial charge in [-0.3, -0.25) is 4.79 Å². The van der Waals surface area contributed by atoms with Gasteiger partial charge in [-0.2, -0.15) is 5.26 Å². The third-order valence-corrected chi connectivity index (χ3v) is 2.41. The number of amides is 1. The molecule has 1 atom stereocenters. The standard InChI is InChI=1S/C14H24N2O4/c1-6-19-12(17)8-10-16(11(2)7-9-15)13(18)20-14(3,4)5/h11H,6-8,10H2,1-5H3. The summed E-state index contributed by atoms with van der Waals surface area (Å²) in [5, 5.41) is 8.74. The number of hydrogen-bond acceptors (Lipinski definition) is 5. The third-order valence-electron chi connectivity index (χ3n) is 2.41. The van der Waals surface area contributed by atoms with Crippen LogP contribution in [0.5, 0.6) is 0 Å². The van der Waals surface area contributed by atoms with E-state index < -0.39 is 11.7 Å². The molecule has 0 aromatic carbocycles. The van der Waals surface area contributed by atoms with Crippen LogP contribution in [0.2, 0.25) is 0 Å². The lowest BCUT2D eigenvalue weighted by Crippen LogP contribution is -2.43. The summed E-state index contributed by atoms with van der Waals surface area (Å²) in [4.78, 5) is 24.9. The molecule has 1 amide bonds. The number of ether oxygens (including phenoxy) is 2. The molecule has 0 saturated carbocycles. The monoisotopic (exact) mass is 284 g/mol. The molecule has 0 heterocycles. The first kappa shape index (κ1) is 18.2. The molecule has 0 rings (SSSR count). The minimum absolute atomic E-state index is 0.0862. The van der Waals surface area contributed by atoms with Crippen molar-refractivity contribution in [2.75, 3.05) is 13.2 Å². The highest BCUT2D eigenvalue weighted by Gasteiger charge is 2.26. The Kier molecular flexibility index (Phi) is 7.67. The second-order valence-electron chi connectivity index (χ2n) is 5.44. The van der Waals surface area contributed by atoms with Crippen LogP contribution in [0, 0.1) is 11.3 Å². The Morgan fingerprint density at radius 1 is 1.35 bits per heavy atom. The molecular weight excluding hydrogens is 260 g/mol. The van der Waals surface area contributed by atoms with E-state index >= 15 is 0 Å². The van der Waals surface area contributed by atoms with E-state index in [0.29, 0.717) is 6.61 Å². The van der Waals surface area contributed by atoms with Crippen molar-refractivity contribution in [2.45, 2.75) is 59.1 Å². The molecule has 0 fully saturated rings. The van der Waals surface area contributed by atoms with Crippen molar-refractivity contribution >= 4 is 12.1 Å². The molecule has 0 aliphatic rings. The van der Waals surface area contributed by atoms with Gasteiger partial charge in [-0.05, 0) is 34.6 Å². The molecule has 114 valence electrons. The molecule has 6 nitrogen and oxygen atoms in total. The van der Waals surface area contributed by atoms with Crippen molar-refractivity contribution in [2.24, 2.45) is 0 Å². The highest BCUT2D eigenvalue weighted by atomic mass is 16.6. The van der Waals surface area contributed by atoms with Crippen LogP contribution in [-0.4, -0.2) is 41.8 Å². The van der Waals surface area contributed by atoms with Gasteiger partial charge >= 0.3 is 12.1 Å². The molecule has 0 aromatic rings. The van der Waals surface area contributed by atoms with Crippen LogP contribution in [0.3, 0.4) is 0 Å². The maximum Gasteiger partial charge on any atom is 0.410 e. The first-order valence-corrected chi connectivity index (χ1v) is 6.73. The van der Waals surface area contributed by atoms with Gasteiger partial charge in [0.05, 0.1) is 25.5 Å². The number of nitrogens with zero attached hydrogens (tertiary/aromatic N) is 2. The molecule has 0 radical (unpaired) electrons. The minimum Gasteiger partial charge on any atom is -0.466 e. The van der Waals surface area contributed by atoms with E-state index in [9.17, 15) is 9.59 Å². The quantitative estimate of drug-likeness (QED) is 0.700. The Bertz CT molecular complexity index is 368. The topological polar surface area (TPSA) is 79.6 Å². The lowest BCUT2D eigenvalue weighted by atomic mass is 10.2. The zero-order valence-corrected chi connectivity index (χ0v) is 12.9. The van der Waals surface area contributed by atoms with Crippen molar-refractivity contribution in [1.29, 1.82) is 5.26 Å². The number of carbonyl (C=O) groups excluding carboxylic acids is 2. The summed E-state index contributed by atoms with van der Waals surface area (Å²) in [6.45, 7) is 9.26. The fourth-order valence-corrected chi connectivity index (χ4v) is 1.50. The molecule has 20 heavy (non-hydrogen) atoms. The fourth-order valence-electron chi connectivity index (χ4n) is 1.50. The smallest absolute Gasteiger partial charge is 0.410 e. The van der Waals surface area contributed by atoms with Crippen molar-refractivity contribution in [1.82, 2.24) is 4.90 Å². The van der Waals surface area contributed by atoms with E-state index in [0.717, 1.165) is 0 Å². The summed E-state index contributed by atoms with van der Waals surface area (Å²) in [6, 6.07) is 1.70. The van der Waals surface area contributed by atoms with Crippen LogP contribution >= 0.6 is 0 Å². The minimum atomic E-state index is -0.619. The Balaban J connectivity index is 4.69. The maximum atomic E-state index is 12.1. The number of carbonyl (C=O) groups is 2. The maximum absolute atomic E-state index is 12.1. The lowest BCUT2D eigenvalue weighted by molar-refractivity contribution is -0.143. The van der Waals surface area contributed by atoms with E-state index in [4.69, 9.17) is 14.7 Å². The first-order valence-electron chi connectivity index (χ1n) is 6.73. The van der Waals surface area contributed by atoms with Gasteiger partial charge in [-0.15, -0.1) is 0 Å². The summed E-state index contributed by atoms with van der Waals surface area (Å²) < 4.78 is 10.1. The summed E-state index contributed by atoms with van der Waals surface area (Å²) >= 11 is 0. The van der Waals surface area contributed by atoms with Gasteiger partial charge in [0.25, 0.3) is 0 Å². The Labute approximate surface area is 120 Å². The van der Waals surface area contributed by atoms with Crippen molar-refractivity contribution in [3.05, 3.63) is 0 Å². The predicted octanol–water partition coefficient (Wildman–Crippen LogP) is 2.48. The molecule has 0 spiro atoms. The van der Waals surface area contributed by atoms with Crippen molar-refractivity contribution < 1.29 is 19.1 Å². The zero-order chi connectivity index (χ0) is 15.8. The summed E-state index contributed by atoms with van der Waals surface area (Å²) in [5.41, 5.74) is -0.619. The van der Waals surface area contributed by atoms with E-state index in [2.05, 4.69) is 0 Å². The molecule has 0 aromatic heterocycles. The second kappa shape index (κ2) is 8.41. The third kappa shape index (κ3) is 7.62. The molecular formula is C14H24N2O4. The van der Waals surface area contributed by atoms with Crippen molar-refractivity contribution in [3.63, 3.8) is 0 Å². The van der Waals surface area contributed by atoms with Crippen LogP contribution in [-0.2, 0) is 14.3 Å². The highest BCUT2D eigenvalue weighted by molar-refractivity contribution is 5.72. The highest BCUT2D eigenvalue weighted by Crippen LogP contribution is 2.14. The number of nitriles is 1. The Morgan fingerprint density at radius 2 is 1.95 bits per heavy atom. The van der Waals surface area contributed by atoms with Gasteiger partial charge in [0.15, 0.2) is 0 Å². The number of hydrogen-bond donors (Lipinski definition) is 0. The van der Waals surface area contributed by atoms with Gasteiger partial charge in [0, 0.05) is 12.6 Å².